The molecule has 2 aromatic carbocycles. The molecule has 6 heteroatoms. The quantitative estimate of drug-likeness (QED) is 0.556. The van der Waals surface area contributed by atoms with Gasteiger partial charge in [0.15, 0.2) is 5.96 Å². The lowest BCUT2D eigenvalue weighted by atomic mass is 9.97. The Morgan fingerprint density at radius 2 is 1.81 bits per heavy atom. The molecule has 0 bridgehead atoms. The molecular weight excluding hydrogens is 386 g/mol. The van der Waals surface area contributed by atoms with Crippen LogP contribution in [0.4, 0.5) is 0 Å². The first-order valence-corrected chi connectivity index (χ1v) is 11.0. The molecule has 2 aromatic rings. The number of piperidine rings is 1. The van der Waals surface area contributed by atoms with Gasteiger partial charge in [0.25, 0.3) is 5.91 Å². The molecule has 1 saturated heterocycles. The summed E-state index contributed by atoms with van der Waals surface area (Å²) in [5, 5.41) is 6.99. The molecule has 0 spiro atoms. The van der Waals surface area contributed by atoms with E-state index < -0.39 is 0 Å². The fraction of sp³-hybridized carbons (Fsp3) is 0.440. The van der Waals surface area contributed by atoms with Crippen LogP contribution in [0.3, 0.4) is 0 Å². The van der Waals surface area contributed by atoms with E-state index in [-0.39, 0.29) is 5.91 Å². The van der Waals surface area contributed by atoms with Crippen LogP contribution < -0.4 is 10.6 Å². The van der Waals surface area contributed by atoms with Crippen LogP contribution in [0.25, 0.3) is 0 Å². The van der Waals surface area contributed by atoms with Crippen molar-refractivity contribution < 1.29 is 4.79 Å². The Kier molecular flexibility index (Phi) is 8.06. The SMILES string of the molecule is CN=C(NCc1ccc(C(=O)N(C)C)cc1)NC1CCN(Cc2ccccc2)C(C)C1. The van der Waals surface area contributed by atoms with Crippen molar-refractivity contribution >= 4 is 11.9 Å². The molecule has 0 aliphatic carbocycles. The van der Waals surface area contributed by atoms with Gasteiger partial charge in [-0.3, -0.25) is 14.7 Å². The largest absolute Gasteiger partial charge is 0.354 e. The zero-order valence-electron chi connectivity index (χ0n) is 19.1. The molecule has 31 heavy (non-hydrogen) atoms. The smallest absolute Gasteiger partial charge is 0.253 e. The summed E-state index contributed by atoms with van der Waals surface area (Å²) in [5.74, 6) is 0.840. The molecule has 2 unspecified atom stereocenters. The highest BCUT2D eigenvalue weighted by Crippen LogP contribution is 2.20. The van der Waals surface area contributed by atoms with Gasteiger partial charge in [0.05, 0.1) is 0 Å². The average molecular weight is 422 g/mol. The summed E-state index contributed by atoms with van der Waals surface area (Å²) in [6.45, 7) is 5.06. The minimum Gasteiger partial charge on any atom is -0.354 e. The molecule has 3 rings (SSSR count). The Labute approximate surface area is 186 Å². The highest BCUT2D eigenvalue weighted by atomic mass is 16.2. The summed E-state index contributed by atoms with van der Waals surface area (Å²) in [7, 11) is 5.34. The number of amides is 1. The fourth-order valence-electron chi connectivity index (χ4n) is 4.00. The van der Waals surface area contributed by atoms with Gasteiger partial charge in [-0.25, -0.2) is 0 Å². The van der Waals surface area contributed by atoms with Crippen LogP contribution in [-0.2, 0) is 13.1 Å². The second-order valence-electron chi connectivity index (χ2n) is 8.49. The van der Waals surface area contributed by atoms with Crippen molar-refractivity contribution in [2.45, 2.75) is 44.9 Å². The molecule has 1 aliphatic rings. The highest BCUT2D eigenvalue weighted by Gasteiger charge is 2.25. The van der Waals surface area contributed by atoms with E-state index in [0.29, 0.717) is 24.2 Å². The fourth-order valence-corrected chi connectivity index (χ4v) is 4.00. The van der Waals surface area contributed by atoms with Crippen LogP contribution >= 0.6 is 0 Å². The number of nitrogens with zero attached hydrogens (tertiary/aromatic N) is 3. The molecule has 1 heterocycles. The van der Waals surface area contributed by atoms with E-state index in [1.165, 1.54) is 5.56 Å². The normalized spacial score (nSPS) is 19.7. The van der Waals surface area contributed by atoms with Crippen molar-refractivity contribution in [1.82, 2.24) is 20.4 Å². The lowest BCUT2D eigenvalue weighted by molar-refractivity contribution is 0.0827. The molecule has 2 N–H and O–H groups in total. The van der Waals surface area contributed by atoms with E-state index in [1.54, 1.807) is 19.0 Å². The molecule has 0 radical (unpaired) electrons. The van der Waals surface area contributed by atoms with Gasteiger partial charge >= 0.3 is 0 Å². The number of hydrogen-bond acceptors (Lipinski definition) is 3. The lowest BCUT2D eigenvalue weighted by Crippen LogP contribution is -2.51. The molecular formula is C25H35N5O. The van der Waals surface area contributed by atoms with E-state index in [0.717, 1.165) is 37.5 Å². The van der Waals surface area contributed by atoms with Gasteiger partial charge in [0.1, 0.15) is 0 Å². The third kappa shape index (κ3) is 6.56. The van der Waals surface area contributed by atoms with E-state index >= 15 is 0 Å². The van der Waals surface area contributed by atoms with Crippen LogP contribution in [0.2, 0.25) is 0 Å². The first kappa shape index (κ1) is 22.8. The van der Waals surface area contributed by atoms with Crippen LogP contribution in [0, 0.1) is 0 Å². The Bertz CT molecular complexity index is 863. The highest BCUT2D eigenvalue weighted by molar-refractivity contribution is 5.93. The van der Waals surface area contributed by atoms with E-state index in [9.17, 15) is 4.79 Å². The monoisotopic (exact) mass is 421 g/mol. The van der Waals surface area contributed by atoms with Crippen molar-refractivity contribution in [2.75, 3.05) is 27.7 Å². The first-order valence-electron chi connectivity index (χ1n) is 11.0. The summed E-state index contributed by atoms with van der Waals surface area (Å²) in [5.41, 5.74) is 3.19. The first-order chi connectivity index (χ1) is 15.0. The molecule has 6 nitrogen and oxygen atoms in total. The second-order valence-corrected chi connectivity index (χ2v) is 8.49. The number of guanidine groups is 1. The van der Waals surface area contributed by atoms with Crippen molar-refractivity contribution in [3.63, 3.8) is 0 Å². The number of nitrogens with one attached hydrogen (secondary N) is 2. The number of likely N-dealkylation sites (tertiary alicyclic amines) is 1. The Morgan fingerprint density at radius 1 is 1.10 bits per heavy atom. The van der Waals surface area contributed by atoms with Crippen molar-refractivity contribution in [3.8, 4) is 0 Å². The van der Waals surface area contributed by atoms with Crippen LogP contribution in [0.15, 0.2) is 59.6 Å². The van der Waals surface area contributed by atoms with E-state index in [1.807, 2.05) is 31.3 Å². The zero-order valence-corrected chi connectivity index (χ0v) is 19.1. The minimum atomic E-state index is 0.0183. The van der Waals surface area contributed by atoms with Crippen molar-refractivity contribution in [1.29, 1.82) is 0 Å². The van der Waals surface area contributed by atoms with Gasteiger partial charge in [-0.2, -0.15) is 0 Å². The molecule has 1 aliphatic heterocycles. The maximum Gasteiger partial charge on any atom is 0.253 e. The molecule has 0 saturated carbocycles. The van der Waals surface area contributed by atoms with Gasteiger partial charge in [-0.15, -0.1) is 0 Å². The molecule has 2 atom stereocenters. The maximum atomic E-state index is 12.0. The van der Waals surface area contributed by atoms with Crippen molar-refractivity contribution in [3.05, 3.63) is 71.3 Å². The topological polar surface area (TPSA) is 60.0 Å². The predicted molar refractivity (Wildman–Crippen MR) is 127 cm³/mol. The summed E-state index contributed by atoms with van der Waals surface area (Å²) in [4.78, 5) is 20.6. The number of rotatable bonds is 6. The average Bonchev–Trinajstić information content (AvgIpc) is 2.79. The predicted octanol–water partition coefficient (Wildman–Crippen LogP) is 3.11. The third-order valence-corrected chi connectivity index (χ3v) is 5.87. The minimum absolute atomic E-state index is 0.0183. The molecule has 0 aromatic heterocycles. The number of carbonyl (C=O) groups is 1. The van der Waals surface area contributed by atoms with Gasteiger partial charge in [-0.05, 0) is 43.0 Å². The van der Waals surface area contributed by atoms with Crippen LogP contribution in [0.5, 0.6) is 0 Å². The van der Waals surface area contributed by atoms with Crippen LogP contribution in [-0.4, -0.2) is 61.4 Å². The van der Waals surface area contributed by atoms with Gasteiger partial charge in [-0.1, -0.05) is 42.5 Å². The van der Waals surface area contributed by atoms with Gasteiger partial charge in [0.2, 0.25) is 0 Å². The zero-order chi connectivity index (χ0) is 22.2. The van der Waals surface area contributed by atoms with Crippen molar-refractivity contribution in [2.24, 2.45) is 4.99 Å². The third-order valence-electron chi connectivity index (χ3n) is 5.87. The summed E-state index contributed by atoms with van der Waals surface area (Å²) >= 11 is 0. The summed E-state index contributed by atoms with van der Waals surface area (Å²) in [6, 6.07) is 19.3. The van der Waals surface area contributed by atoms with Gasteiger partial charge < -0.3 is 15.5 Å². The number of carbonyl (C=O) groups excluding carboxylic acids is 1. The lowest BCUT2D eigenvalue weighted by Gasteiger charge is -2.38. The Balaban J connectivity index is 1.46. The van der Waals surface area contributed by atoms with E-state index in [2.05, 4.69) is 57.8 Å². The second kappa shape index (κ2) is 11.0. The molecule has 1 fully saturated rings. The summed E-state index contributed by atoms with van der Waals surface area (Å²) < 4.78 is 0. The van der Waals surface area contributed by atoms with E-state index in [4.69, 9.17) is 0 Å². The standard InChI is InChI=1S/C25H35N5O/c1-19-16-23(14-15-30(19)18-21-8-6-5-7-9-21)28-25(26-2)27-17-20-10-12-22(13-11-20)24(31)29(3)4/h5-13,19,23H,14-18H2,1-4H3,(H2,26,27,28). The van der Waals surface area contributed by atoms with Crippen LogP contribution in [0.1, 0.15) is 41.3 Å². The number of benzene rings is 2. The van der Waals surface area contributed by atoms with Gasteiger partial charge in [0, 0.05) is 58.4 Å². The number of aliphatic imine (C=N–C) groups is 1. The number of hydrogen-bond donors (Lipinski definition) is 2. The Morgan fingerprint density at radius 3 is 2.42 bits per heavy atom. The summed E-state index contributed by atoms with van der Waals surface area (Å²) in [6.07, 6.45) is 2.19. The Hall–Kier alpha value is -2.86. The molecule has 1 amide bonds. The molecule has 166 valence electrons. The maximum absolute atomic E-state index is 12.0.